The van der Waals surface area contributed by atoms with Gasteiger partial charge in [0.05, 0.1) is 18.6 Å². The second-order valence-electron chi connectivity index (χ2n) is 8.68. The van der Waals surface area contributed by atoms with Crippen LogP contribution >= 0.6 is 0 Å². The van der Waals surface area contributed by atoms with Crippen LogP contribution in [-0.4, -0.2) is 11.4 Å². The quantitative estimate of drug-likeness (QED) is 0.529. The number of carbonyl (C=O) groups excluding carboxylic acids is 1. The SMILES string of the molecule is [C-]#[N+]c1cccc(-c2ccc3c(c2)C(=O)CC2(CCCC4CCCCC42)O3)c1. The Morgan fingerprint density at radius 2 is 1.82 bits per heavy atom. The fraction of sp³-hybridized carbons (Fsp3) is 0.440. The predicted octanol–water partition coefficient (Wildman–Crippen LogP) is 6.60. The molecule has 0 radical (unpaired) electrons. The van der Waals surface area contributed by atoms with Crippen LogP contribution in [0.2, 0.25) is 0 Å². The highest BCUT2D eigenvalue weighted by atomic mass is 16.5. The van der Waals surface area contributed by atoms with Crippen molar-refractivity contribution in [3.63, 3.8) is 0 Å². The topological polar surface area (TPSA) is 30.7 Å². The van der Waals surface area contributed by atoms with E-state index in [2.05, 4.69) is 4.85 Å². The first-order chi connectivity index (χ1) is 13.7. The first-order valence-corrected chi connectivity index (χ1v) is 10.5. The summed E-state index contributed by atoms with van der Waals surface area (Å²) in [6, 6.07) is 13.5. The molecule has 28 heavy (non-hydrogen) atoms. The van der Waals surface area contributed by atoms with Gasteiger partial charge >= 0.3 is 0 Å². The third-order valence-electron chi connectivity index (χ3n) is 7.12. The van der Waals surface area contributed by atoms with Crippen molar-refractivity contribution in [1.82, 2.24) is 0 Å². The molecule has 5 rings (SSSR count). The molecule has 0 amide bonds. The zero-order valence-electron chi connectivity index (χ0n) is 16.1. The molecule has 3 atom stereocenters. The lowest BCUT2D eigenvalue weighted by Gasteiger charge is -2.51. The number of ketones is 1. The summed E-state index contributed by atoms with van der Waals surface area (Å²) in [5.74, 6) is 2.23. The third-order valence-corrected chi connectivity index (χ3v) is 7.12. The van der Waals surface area contributed by atoms with Crippen LogP contribution in [0, 0.1) is 18.4 Å². The summed E-state index contributed by atoms with van der Waals surface area (Å²) >= 11 is 0. The van der Waals surface area contributed by atoms with Crippen molar-refractivity contribution in [1.29, 1.82) is 0 Å². The zero-order chi connectivity index (χ0) is 19.1. The minimum absolute atomic E-state index is 0.218. The molecule has 3 unspecified atom stereocenters. The van der Waals surface area contributed by atoms with Crippen molar-refractivity contribution >= 4 is 11.5 Å². The third kappa shape index (κ3) is 2.83. The molecule has 1 heterocycles. The lowest BCUT2D eigenvalue weighted by Crippen LogP contribution is -2.53. The highest BCUT2D eigenvalue weighted by Gasteiger charge is 2.51. The minimum atomic E-state index is -0.279. The van der Waals surface area contributed by atoms with Crippen LogP contribution in [0.25, 0.3) is 16.0 Å². The summed E-state index contributed by atoms with van der Waals surface area (Å²) in [6.45, 7) is 7.22. The predicted molar refractivity (Wildman–Crippen MR) is 110 cm³/mol. The minimum Gasteiger partial charge on any atom is -0.486 e. The van der Waals surface area contributed by atoms with Gasteiger partial charge in [0, 0.05) is 5.92 Å². The number of carbonyl (C=O) groups is 1. The smallest absolute Gasteiger partial charge is 0.187 e. The standard InChI is InChI=1S/C25H25NO2/c1-26-20-9-4-7-18(14-20)19-11-12-24-21(15-19)23(27)16-25(28-24)13-5-8-17-6-2-3-10-22(17)25/h4,7,9,11-12,14-15,17,22H,2-3,5-6,8,10,13,16H2. The summed E-state index contributed by atoms with van der Waals surface area (Å²) in [5.41, 5.74) is 2.97. The molecule has 2 aromatic rings. The van der Waals surface area contributed by atoms with Gasteiger partial charge in [0.25, 0.3) is 0 Å². The average Bonchev–Trinajstić information content (AvgIpc) is 2.74. The molecular formula is C25H25NO2. The number of rotatable bonds is 1. The number of hydrogen-bond donors (Lipinski definition) is 0. The summed E-state index contributed by atoms with van der Waals surface area (Å²) in [6.07, 6.45) is 9.10. The van der Waals surface area contributed by atoms with Crippen LogP contribution in [0.15, 0.2) is 42.5 Å². The molecule has 0 saturated heterocycles. The molecule has 2 saturated carbocycles. The second kappa shape index (κ2) is 6.78. The molecule has 3 heteroatoms. The van der Waals surface area contributed by atoms with Crippen LogP contribution in [0.4, 0.5) is 5.69 Å². The monoisotopic (exact) mass is 371 g/mol. The van der Waals surface area contributed by atoms with Gasteiger partial charge in [-0.3, -0.25) is 4.79 Å². The van der Waals surface area contributed by atoms with Gasteiger partial charge in [-0.15, -0.1) is 0 Å². The average molecular weight is 371 g/mol. The van der Waals surface area contributed by atoms with Gasteiger partial charge in [-0.1, -0.05) is 43.5 Å². The van der Waals surface area contributed by atoms with Gasteiger partial charge in [0.1, 0.15) is 11.4 Å². The van der Waals surface area contributed by atoms with Crippen molar-refractivity contribution in [2.75, 3.05) is 0 Å². The molecule has 1 spiro atoms. The van der Waals surface area contributed by atoms with Crippen molar-refractivity contribution < 1.29 is 9.53 Å². The molecular weight excluding hydrogens is 346 g/mol. The van der Waals surface area contributed by atoms with E-state index >= 15 is 0 Å². The van der Waals surface area contributed by atoms with Crippen LogP contribution in [-0.2, 0) is 0 Å². The van der Waals surface area contributed by atoms with Crippen LogP contribution in [0.3, 0.4) is 0 Å². The van der Waals surface area contributed by atoms with Gasteiger partial charge in [0.2, 0.25) is 0 Å². The summed E-state index contributed by atoms with van der Waals surface area (Å²) in [7, 11) is 0. The highest BCUT2D eigenvalue weighted by Crippen LogP contribution is 2.52. The van der Waals surface area contributed by atoms with E-state index < -0.39 is 0 Å². The van der Waals surface area contributed by atoms with E-state index in [-0.39, 0.29) is 11.4 Å². The molecule has 0 bridgehead atoms. The molecule has 1 aliphatic heterocycles. The van der Waals surface area contributed by atoms with Gasteiger partial charge in [-0.2, -0.15) is 0 Å². The Hall–Kier alpha value is -2.60. The Morgan fingerprint density at radius 3 is 2.71 bits per heavy atom. The van der Waals surface area contributed by atoms with Gasteiger partial charge < -0.3 is 4.74 Å². The van der Waals surface area contributed by atoms with E-state index in [9.17, 15) is 4.79 Å². The van der Waals surface area contributed by atoms with Crippen molar-refractivity contribution in [3.05, 3.63) is 59.4 Å². The zero-order valence-corrected chi connectivity index (χ0v) is 16.1. The first-order valence-electron chi connectivity index (χ1n) is 10.5. The van der Waals surface area contributed by atoms with E-state index in [1.807, 2.05) is 36.4 Å². The lowest BCUT2D eigenvalue weighted by atomic mass is 9.61. The maximum Gasteiger partial charge on any atom is 0.187 e. The number of hydrogen-bond acceptors (Lipinski definition) is 2. The van der Waals surface area contributed by atoms with E-state index in [0.29, 0.717) is 23.6 Å². The van der Waals surface area contributed by atoms with E-state index in [1.54, 1.807) is 6.07 Å². The maximum absolute atomic E-state index is 13.2. The number of nitrogens with zero attached hydrogens (tertiary/aromatic N) is 1. The second-order valence-corrected chi connectivity index (χ2v) is 8.68. The molecule has 2 aromatic carbocycles. The molecule has 142 valence electrons. The Bertz CT molecular complexity index is 971. The van der Waals surface area contributed by atoms with Gasteiger partial charge in [-0.05, 0) is 60.9 Å². The van der Waals surface area contributed by atoms with Gasteiger partial charge in [0.15, 0.2) is 11.5 Å². The summed E-state index contributed by atoms with van der Waals surface area (Å²) in [4.78, 5) is 16.7. The number of benzene rings is 2. The Labute approximate surface area is 166 Å². The maximum atomic E-state index is 13.2. The van der Waals surface area contributed by atoms with Crippen molar-refractivity contribution in [2.45, 2.75) is 57.0 Å². The molecule has 3 aliphatic rings. The van der Waals surface area contributed by atoms with E-state index in [0.717, 1.165) is 29.2 Å². The Morgan fingerprint density at radius 1 is 1.00 bits per heavy atom. The summed E-state index contributed by atoms with van der Waals surface area (Å²) in [5, 5.41) is 0. The molecule has 0 aromatic heterocycles. The lowest BCUT2D eigenvalue weighted by molar-refractivity contribution is -0.0721. The van der Waals surface area contributed by atoms with E-state index in [1.165, 1.54) is 38.5 Å². The van der Waals surface area contributed by atoms with Crippen molar-refractivity contribution in [3.8, 4) is 16.9 Å². The van der Waals surface area contributed by atoms with Crippen LogP contribution < -0.4 is 4.74 Å². The largest absolute Gasteiger partial charge is 0.486 e. The molecule has 3 nitrogen and oxygen atoms in total. The van der Waals surface area contributed by atoms with Crippen molar-refractivity contribution in [2.24, 2.45) is 11.8 Å². The van der Waals surface area contributed by atoms with Crippen LogP contribution in [0.5, 0.6) is 5.75 Å². The first kappa shape index (κ1) is 17.5. The number of fused-ring (bicyclic) bond motifs is 3. The van der Waals surface area contributed by atoms with Gasteiger partial charge in [-0.25, -0.2) is 4.85 Å². The fourth-order valence-corrected chi connectivity index (χ4v) is 5.83. The fourth-order valence-electron chi connectivity index (χ4n) is 5.83. The summed E-state index contributed by atoms with van der Waals surface area (Å²) < 4.78 is 6.67. The Kier molecular flexibility index (Phi) is 4.23. The Balaban J connectivity index is 1.50. The molecule has 0 N–H and O–H groups in total. The number of ether oxygens (including phenoxy) is 1. The van der Waals surface area contributed by atoms with E-state index in [4.69, 9.17) is 11.3 Å². The normalized spacial score (nSPS) is 28.8. The highest BCUT2D eigenvalue weighted by molar-refractivity contribution is 6.01. The molecule has 2 fully saturated rings. The number of Topliss-reactive ketones (excluding diaryl/α,β-unsaturated/α-hetero) is 1. The van der Waals surface area contributed by atoms with Crippen LogP contribution in [0.1, 0.15) is 61.7 Å². The molecule has 2 aliphatic carbocycles.